The number of hydrogen-bond acceptors (Lipinski definition) is 7. The van der Waals surface area contributed by atoms with Crippen LogP contribution in [0.1, 0.15) is 22.5 Å². The zero-order chi connectivity index (χ0) is 21.5. The summed E-state index contributed by atoms with van der Waals surface area (Å²) in [4.78, 5) is 24.5. The maximum Gasteiger partial charge on any atom is 0.375 e. The Morgan fingerprint density at radius 1 is 0.968 bits per heavy atom. The van der Waals surface area contributed by atoms with E-state index in [2.05, 4.69) is 5.32 Å². The van der Waals surface area contributed by atoms with Crippen molar-refractivity contribution in [2.75, 3.05) is 25.1 Å². The molecule has 2 aromatic carbocycles. The maximum absolute atomic E-state index is 12.3. The summed E-state index contributed by atoms with van der Waals surface area (Å²) in [6.07, 6.45) is 2.16. The number of hydrogen-bond donors (Lipinski definition) is 1. The predicted molar refractivity (Wildman–Crippen MR) is 110 cm³/mol. The van der Waals surface area contributed by atoms with Crippen LogP contribution in [-0.2, 0) is 16.1 Å². The summed E-state index contributed by atoms with van der Waals surface area (Å²) >= 11 is 0. The summed E-state index contributed by atoms with van der Waals surface area (Å²) in [5.74, 6) is 0.620. The fourth-order valence-electron chi connectivity index (χ4n) is 2.94. The van der Waals surface area contributed by atoms with Gasteiger partial charge in [0.15, 0.2) is 18.1 Å². The van der Waals surface area contributed by atoms with Gasteiger partial charge in [0.05, 0.1) is 19.5 Å². The van der Waals surface area contributed by atoms with E-state index in [-0.39, 0.29) is 12.4 Å². The number of benzene rings is 2. The molecule has 0 bridgehead atoms. The van der Waals surface area contributed by atoms with Crippen LogP contribution in [0.5, 0.6) is 17.2 Å². The first kappa shape index (κ1) is 20.3. The zero-order valence-corrected chi connectivity index (χ0v) is 16.7. The highest BCUT2D eigenvalue weighted by molar-refractivity contribution is 5.95. The lowest BCUT2D eigenvalue weighted by atomic mass is 10.2. The lowest BCUT2D eigenvalue weighted by Gasteiger charge is -2.10. The van der Waals surface area contributed by atoms with E-state index >= 15 is 0 Å². The quantitative estimate of drug-likeness (QED) is 0.577. The average Bonchev–Trinajstić information content (AvgIpc) is 3.14. The highest BCUT2D eigenvalue weighted by atomic mass is 16.5. The molecule has 0 radical (unpaired) electrons. The Labute approximate surface area is 178 Å². The minimum absolute atomic E-state index is 0.000638. The topological polar surface area (TPSA) is 96.2 Å². The van der Waals surface area contributed by atoms with Crippen LogP contribution in [0.2, 0.25) is 0 Å². The van der Waals surface area contributed by atoms with E-state index in [1.807, 2.05) is 30.3 Å². The van der Waals surface area contributed by atoms with Crippen molar-refractivity contribution in [1.82, 2.24) is 0 Å². The second-order valence-electron chi connectivity index (χ2n) is 6.71. The van der Waals surface area contributed by atoms with Gasteiger partial charge in [0.2, 0.25) is 5.76 Å². The maximum atomic E-state index is 12.3. The molecule has 0 saturated carbocycles. The van der Waals surface area contributed by atoms with Crippen molar-refractivity contribution in [3.05, 3.63) is 72.2 Å². The van der Waals surface area contributed by atoms with Crippen LogP contribution in [0.4, 0.5) is 5.69 Å². The van der Waals surface area contributed by atoms with Crippen LogP contribution >= 0.6 is 0 Å². The number of anilines is 1. The monoisotopic (exact) mass is 423 g/mol. The van der Waals surface area contributed by atoms with Crippen molar-refractivity contribution < 1.29 is 33.0 Å². The van der Waals surface area contributed by atoms with Crippen LogP contribution in [0.3, 0.4) is 0 Å². The third kappa shape index (κ3) is 5.36. The van der Waals surface area contributed by atoms with Gasteiger partial charge >= 0.3 is 5.97 Å². The molecule has 1 amide bonds. The number of furan rings is 1. The summed E-state index contributed by atoms with van der Waals surface area (Å²) < 4.78 is 27.1. The Hall–Kier alpha value is -3.94. The first-order valence-corrected chi connectivity index (χ1v) is 9.80. The van der Waals surface area contributed by atoms with Crippen molar-refractivity contribution in [2.24, 2.45) is 0 Å². The minimum atomic E-state index is -0.745. The molecule has 0 aliphatic carbocycles. The van der Waals surface area contributed by atoms with Crippen molar-refractivity contribution in [3.63, 3.8) is 0 Å². The SMILES string of the molecule is O=C(COC(=O)c1occc1COc1ccccc1)Nc1ccc2c(c1)OCCCO2. The molecular weight excluding hydrogens is 402 g/mol. The van der Waals surface area contributed by atoms with E-state index in [1.54, 1.807) is 24.3 Å². The van der Waals surface area contributed by atoms with Gasteiger partial charge in [-0.2, -0.15) is 0 Å². The van der Waals surface area contributed by atoms with E-state index in [9.17, 15) is 9.59 Å². The van der Waals surface area contributed by atoms with Gasteiger partial charge in [0, 0.05) is 23.7 Å². The van der Waals surface area contributed by atoms with E-state index in [1.165, 1.54) is 6.26 Å². The Bertz CT molecular complexity index is 1050. The highest BCUT2D eigenvalue weighted by Crippen LogP contribution is 2.32. The van der Waals surface area contributed by atoms with E-state index in [0.29, 0.717) is 41.7 Å². The van der Waals surface area contributed by atoms with Gasteiger partial charge < -0.3 is 28.7 Å². The molecule has 4 rings (SSSR count). The number of nitrogens with one attached hydrogen (secondary N) is 1. The molecule has 1 aliphatic heterocycles. The van der Waals surface area contributed by atoms with Crippen LogP contribution in [0.15, 0.2) is 65.3 Å². The van der Waals surface area contributed by atoms with Crippen LogP contribution in [-0.4, -0.2) is 31.7 Å². The van der Waals surface area contributed by atoms with Crippen molar-refractivity contribution >= 4 is 17.6 Å². The molecule has 160 valence electrons. The number of amides is 1. The summed E-state index contributed by atoms with van der Waals surface area (Å²) in [7, 11) is 0. The number of carbonyl (C=O) groups excluding carboxylic acids is 2. The van der Waals surface area contributed by atoms with Crippen LogP contribution < -0.4 is 19.5 Å². The second-order valence-corrected chi connectivity index (χ2v) is 6.71. The summed E-state index contributed by atoms with van der Waals surface area (Å²) in [6.45, 7) is 0.794. The molecule has 0 atom stereocenters. The van der Waals surface area contributed by atoms with E-state index < -0.39 is 18.5 Å². The number of fused-ring (bicyclic) bond motifs is 1. The minimum Gasteiger partial charge on any atom is -0.490 e. The van der Waals surface area contributed by atoms with Gasteiger partial charge in [-0.25, -0.2) is 4.79 Å². The Kier molecular flexibility index (Phi) is 6.37. The second kappa shape index (κ2) is 9.71. The van der Waals surface area contributed by atoms with Crippen molar-refractivity contribution in [3.8, 4) is 17.2 Å². The van der Waals surface area contributed by atoms with Crippen molar-refractivity contribution in [2.45, 2.75) is 13.0 Å². The summed E-state index contributed by atoms with van der Waals surface area (Å²) in [6, 6.07) is 15.9. The van der Waals surface area contributed by atoms with Crippen LogP contribution in [0, 0.1) is 0 Å². The normalized spacial score (nSPS) is 12.5. The molecule has 0 spiro atoms. The molecular formula is C23H21NO7. The lowest BCUT2D eigenvalue weighted by Crippen LogP contribution is -2.21. The number of para-hydroxylation sites is 1. The van der Waals surface area contributed by atoms with Gasteiger partial charge in [-0.15, -0.1) is 0 Å². The Balaban J connectivity index is 1.29. The van der Waals surface area contributed by atoms with Gasteiger partial charge in [-0.05, 0) is 30.3 Å². The third-order valence-electron chi connectivity index (χ3n) is 4.44. The molecule has 31 heavy (non-hydrogen) atoms. The lowest BCUT2D eigenvalue weighted by molar-refractivity contribution is -0.119. The number of carbonyl (C=O) groups is 2. The fraction of sp³-hybridized carbons (Fsp3) is 0.217. The predicted octanol–water partition coefficient (Wildman–Crippen LogP) is 3.82. The Morgan fingerprint density at radius 3 is 2.61 bits per heavy atom. The van der Waals surface area contributed by atoms with E-state index in [0.717, 1.165) is 6.42 Å². The molecule has 1 aliphatic rings. The molecule has 2 heterocycles. The highest BCUT2D eigenvalue weighted by Gasteiger charge is 2.19. The standard InChI is InChI=1S/C23H21NO7/c25-21(24-17-7-8-19-20(13-17)28-11-4-10-27-19)15-31-23(26)22-16(9-12-29-22)14-30-18-5-2-1-3-6-18/h1-3,5-9,12-13H,4,10-11,14-15H2,(H,24,25). The first-order valence-electron chi connectivity index (χ1n) is 9.80. The first-order chi connectivity index (χ1) is 15.2. The van der Waals surface area contributed by atoms with Gasteiger partial charge in [0.25, 0.3) is 5.91 Å². The molecule has 8 nitrogen and oxygen atoms in total. The molecule has 0 fully saturated rings. The fourth-order valence-corrected chi connectivity index (χ4v) is 2.94. The van der Waals surface area contributed by atoms with Crippen LogP contribution in [0.25, 0.3) is 0 Å². The average molecular weight is 423 g/mol. The van der Waals surface area contributed by atoms with Gasteiger partial charge in [0.1, 0.15) is 12.4 Å². The van der Waals surface area contributed by atoms with E-state index in [4.69, 9.17) is 23.4 Å². The Morgan fingerprint density at radius 2 is 1.77 bits per heavy atom. The summed E-state index contributed by atoms with van der Waals surface area (Å²) in [5.41, 5.74) is 1.04. The largest absolute Gasteiger partial charge is 0.490 e. The number of esters is 1. The molecule has 0 saturated heterocycles. The smallest absolute Gasteiger partial charge is 0.375 e. The molecule has 8 heteroatoms. The van der Waals surface area contributed by atoms with Gasteiger partial charge in [-0.1, -0.05) is 18.2 Å². The number of rotatable bonds is 7. The van der Waals surface area contributed by atoms with Crippen molar-refractivity contribution in [1.29, 1.82) is 0 Å². The third-order valence-corrected chi connectivity index (χ3v) is 4.44. The molecule has 1 N–H and O–H groups in total. The molecule has 1 aromatic heterocycles. The molecule has 3 aromatic rings. The molecule has 0 unspecified atom stereocenters. The summed E-state index contributed by atoms with van der Waals surface area (Å²) in [5, 5.41) is 2.67. The van der Waals surface area contributed by atoms with Gasteiger partial charge in [-0.3, -0.25) is 4.79 Å². The number of ether oxygens (including phenoxy) is 4. The zero-order valence-electron chi connectivity index (χ0n) is 16.7.